The fourth-order valence-corrected chi connectivity index (χ4v) is 4.64. The zero-order valence-corrected chi connectivity index (χ0v) is 15.0. The van der Waals surface area contributed by atoms with Crippen molar-refractivity contribution in [2.24, 2.45) is 11.3 Å². The van der Waals surface area contributed by atoms with Gasteiger partial charge in [-0.1, -0.05) is 12.1 Å². The third-order valence-corrected chi connectivity index (χ3v) is 5.98. The Kier molecular flexibility index (Phi) is 3.80. The maximum atomic E-state index is 12.6. The Balaban J connectivity index is 1.30. The first kappa shape index (κ1) is 16.5. The number of aliphatic hydroxyl groups is 1. The lowest BCUT2D eigenvalue weighted by molar-refractivity contribution is 0.0689. The molecular formula is C20H22N4O3. The zero-order chi connectivity index (χ0) is 18.4. The number of aromatic nitrogens is 2. The van der Waals surface area contributed by atoms with Crippen LogP contribution < -0.4 is 0 Å². The van der Waals surface area contributed by atoms with E-state index in [9.17, 15) is 9.90 Å². The highest BCUT2D eigenvalue weighted by Crippen LogP contribution is 2.43. The number of aromatic amines is 1. The number of hydrogen-bond donors (Lipinski definition) is 2. The van der Waals surface area contributed by atoms with E-state index in [1.807, 2.05) is 29.2 Å². The summed E-state index contributed by atoms with van der Waals surface area (Å²) >= 11 is 0. The number of imidazole rings is 1. The molecule has 2 atom stereocenters. The molecule has 2 aromatic heterocycles. The second-order valence-corrected chi connectivity index (χ2v) is 7.75. The van der Waals surface area contributed by atoms with Gasteiger partial charge in [-0.15, -0.1) is 0 Å². The average Bonchev–Trinajstić information content (AvgIpc) is 3.43. The molecule has 0 radical (unpaired) electrons. The van der Waals surface area contributed by atoms with Gasteiger partial charge in [-0.05, 0) is 30.2 Å². The second kappa shape index (κ2) is 6.21. The highest BCUT2D eigenvalue weighted by molar-refractivity contribution is 5.91. The van der Waals surface area contributed by atoms with Crippen molar-refractivity contribution in [3.63, 3.8) is 0 Å². The molecule has 5 rings (SSSR count). The lowest BCUT2D eigenvalue weighted by Gasteiger charge is -2.26. The van der Waals surface area contributed by atoms with Crippen molar-refractivity contribution < 1.29 is 14.3 Å². The van der Waals surface area contributed by atoms with Gasteiger partial charge in [0.25, 0.3) is 5.91 Å². The van der Waals surface area contributed by atoms with Gasteiger partial charge < -0.3 is 19.4 Å². The monoisotopic (exact) mass is 366 g/mol. The Hall–Kier alpha value is -2.64. The molecule has 27 heavy (non-hydrogen) atoms. The van der Waals surface area contributed by atoms with E-state index in [2.05, 4.69) is 14.9 Å². The summed E-state index contributed by atoms with van der Waals surface area (Å²) < 4.78 is 5.25. The zero-order valence-electron chi connectivity index (χ0n) is 15.0. The summed E-state index contributed by atoms with van der Waals surface area (Å²) in [4.78, 5) is 24.8. The molecule has 0 aliphatic carbocycles. The largest absolute Gasteiger partial charge is 0.459 e. The van der Waals surface area contributed by atoms with Crippen molar-refractivity contribution in [1.82, 2.24) is 19.8 Å². The van der Waals surface area contributed by atoms with Crippen LogP contribution in [0.25, 0.3) is 11.0 Å². The van der Waals surface area contributed by atoms with Crippen LogP contribution in [0.5, 0.6) is 0 Å². The van der Waals surface area contributed by atoms with Crippen molar-refractivity contribution in [3.05, 3.63) is 54.2 Å². The molecule has 0 bridgehead atoms. The van der Waals surface area contributed by atoms with Crippen molar-refractivity contribution >= 4 is 16.9 Å². The maximum absolute atomic E-state index is 12.6. The SMILES string of the molecule is O=C(c1ccco1)N1C[C@@H]2CN(Cc3nc4ccccc4[nH]3)C[C@]2(CO)C1. The number of amides is 1. The Morgan fingerprint density at radius 3 is 2.89 bits per heavy atom. The minimum absolute atomic E-state index is 0.0796. The van der Waals surface area contributed by atoms with Crippen LogP contribution in [0.1, 0.15) is 16.4 Å². The number of benzene rings is 1. The molecule has 2 N–H and O–H groups in total. The van der Waals surface area contributed by atoms with E-state index >= 15 is 0 Å². The molecule has 0 spiro atoms. The van der Waals surface area contributed by atoms with E-state index in [-0.39, 0.29) is 23.8 Å². The van der Waals surface area contributed by atoms with E-state index in [1.54, 1.807) is 12.1 Å². The molecule has 4 heterocycles. The molecule has 2 aliphatic heterocycles. The summed E-state index contributed by atoms with van der Waals surface area (Å²) in [5.74, 6) is 1.46. The van der Waals surface area contributed by atoms with Crippen molar-refractivity contribution in [3.8, 4) is 0 Å². The molecule has 0 unspecified atom stereocenters. The standard InChI is InChI=1S/C20H22N4O3/c25-13-20-11-23(10-18-21-15-4-1-2-5-16(15)22-18)8-14(20)9-24(12-20)19(26)17-6-3-7-27-17/h1-7,14,25H,8-13H2,(H,21,22)/t14-,20+/m0/s1. The minimum Gasteiger partial charge on any atom is -0.459 e. The lowest BCUT2D eigenvalue weighted by Crippen LogP contribution is -2.38. The summed E-state index contributed by atoms with van der Waals surface area (Å²) in [5.41, 5.74) is 1.74. The number of furan rings is 1. The van der Waals surface area contributed by atoms with Crippen LogP contribution in [0.4, 0.5) is 0 Å². The highest BCUT2D eigenvalue weighted by Gasteiger charge is 2.53. The van der Waals surface area contributed by atoms with Gasteiger partial charge in [0.05, 0.1) is 30.4 Å². The first-order valence-electron chi connectivity index (χ1n) is 9.26. The van der Waals surface area contributed by atoms with E-state index < -0.39 is 0 Å². The van der Waals surface area contributed by atoms with Gasteiger partial charge in [0.2, 0.25) is 0 Å². The molecule has 3 aromatic rings. The molecule has 0 saturated carbocycles. The molecular weight excluding hydrogens is 344 g/mol. The molecule has 2 saturated heterocycles. The summed E-state index contributed by atoms with van der Waals surface area (Å²) in [7, 11) is 0. The van der Waals surface area contributed by atoms with Crippen molar-refractivity contribution in [1.29, 1.82) is 0 Å². The number of hydrogen-bond acceptors (Lipinski definition) is 5. The second-order valence-electron chi connectivity index (χ2n) is 7.75. The fourth-order valence-electron chi connectivity index (χ4n) is 4.64. The van der Waals surface area contributed by atoms with Crippen LogP contribution in [-0.4, -0.2) is 63.6 Å². The minimum atomic E-state index is -0.270. The third-order valence-electron chi connectivity index (χ3n) is 5.98. The predicted molar refractivity (Wildman–Crippen MR) is 99.0 cm³/mol. The third kappa shape index (κ3) is 2.74. The number of carbonyl (C=O) groups is 1. The topological polar surface area (TPSA) is 85.6 Å². The normalized spacial score (nSPS) is 25.4. The molecule has 2 fully saturated rings. The van der Waals surface area contributed by atoms with Gasteiger partial charge >= 0.3 is 0 Å². The number of likely N-dealkylation sites (tertiary alicyclic amines) is 2. The van der Waals surface area contributed by atoms with Crippen molar-refractivity contribution in [2.75, 3.05) is 32.8 Å². The number of nitrogens with zero attached hydrogens (tertiary/aromatic N) is 3. The summed E-state index contributed by atoms with van der Waals surface area (Å²) in [6.07, 6.45) is 1.51. The fraction of sp³-hybridized carbons (Fsp3) is 0.400. The number of rotatable bonds is 4. The van der Waals surface area contributed by atoms with Gasteiger partial charge in [-0.3, -0.25) is 9.69 Å². The van der Waals surface area contributed by atoms with Crippen LogP contribution in [0, 0.1) is 11.3 Å². The number of carbonyl (C=O) groups excluding carboxylic acids is 1. The van der Waals surface area contributed by atoms with E-state index in [0.29, 0.717) is 18.8 Å². The molecule has 140 valence electrons. The number of nitrogens with one attached hydrogen (secondary N) is 1. The van der Waals surface area contributed by atoms with Gasteiger partial charge in [0.15, 0.2) is 5.76 Å². The van der Waals surface area contributed by atoms with E-state index in [4.69, 9.17) is 4.42 Å². The number of H-pyrrole nitrogens is 1. The van der Waals surface area contributed by atoms with Gasteiger partial charge in [0, 0.05) is 31.6 Å². The molecule has 7 nitrogen and oxygen atoms in total. The summed E-state index contributed by atoms with van der Waals surface area (Å²) in [6.45, 7) is 3.61. The highest BCUT2D eigenvalue weighted by atomic mass is 16.3. The van der Waals surface area contributed by atoms with Crippen LogP contribution in [-0.2, 0) is 6.54 Å². The van der Waals surface area contributed by atoms with Crippen LogP contribution in [0.3, 0.4) is 0 Å². The Bertz CT molecular complexity index is 934. The van der Waals surface area contributed by atoms with E-state index in [1.165, 1.54) is 6.26 Å². The summed E-state index contributed by atoms with van der Waals surface area (Å²) in [6, 6.07) is 11.4. The number of aliphatic hydroxyl groups excluding tert-OH is 1. The van der Waals surface area contributed by atoms with Crippen LogP contribution in [0.15, 0.2) is 47.1 Å². The molecule has 7 heteroatoms. The molecule has 2 aliphatic rings. The van der Waals surface area contributed by atoms with E-state index in [0.717, 1.165) is 36.5 Å². The summed E-state index contributed by atoms with van der Waals surface area (Å²) in [5, 5.41) is 10.1. The molecule has 1 amide bonds. The van der Waals surface area contributed by atoms with Gasteiger partial charge in [-0.2, -0.15) is 0 Å². The Morgan fingerprint density at radius 2 is 2.15 bits per heavy atom. The van der Waals surface area contributed by atoms with Crippen molar-refractivity contribution in [2.45, 2.75) is 6.54 Å². The Morgan fingerprint density at radius 1 is 1.26 bits per heavy atom. The average molecular weight is 366 g/mol. The first-order valence-corrected chi connectivity index (χ1v) is 9.26. The van der Waals surface area contributed by atoms with Crippen LogP contribution in [0.2, 0.25) is 0 Å². The first-order chi connectivity index (χ1) is 13.2. The lowest BCUT2D eigenvalue weighted by atomic mass is 9.82. The smallest absolute Gasteiger partial charge is 0.289 e. The molecule has 1 aromatic carbocycles. The van der Waals surface area contributed by atoms with Gasteiger partial charge in [-0.25, -0.2) is 4.98 Å². The quantitative estimate of drug-likeness (QED) is 0.734. The van der Waals surface area contributed by atoms with Gasteiger partial charge in [0.1, 0.15) is 5.82 Å². The Labute approximate surface area is 156 Å². The van der Waals surface area contributed by atoms with Crippen LogP contribution >= 0.6 is 0 Å². The predicted octanol–water partition coefficient (Wildman–Crippen LogP) is 1.72. The number of fused-ring (bicyclic) bond motifs is 2. The number of para-hydroxylation sites is 2. The maximum Gasteiger partial charge on any atom is 0.289 e.